The van der Waals surface area contributed by atoms with Crippen LogP contribution in [0.1, 0.15) is 51.4 Å². The Hall–Kier alpha value is -1.51. The summed E-state index contributed by atoms with van der Waals surface area (Å²) >= 11 is 0. The van der Waals surface area contributed by atoms with Crippen molar-refractivity contribution < 1.29 is 4.79 Å². The van der Waals surface area contributed by atoms with E-state index in [1.54, 1.807) is 24.3 Å². The lowest BCUT2D eigenvalue weighted by Gasteiger charge is -2.02. The van der Waals surface area contributed by atoms with Crippen molar-refractivity contribution in [1.82, 2.24) is 5.32 Å². The average Bonchev–Trinajstić information content (AvgIpc) is 2.41. The molecule has 0 atom stereocenters. The van der Waals surface area contributed by atoms with Crippen LogP contribution in [-0.4, -0.2) is 12.5 Å². The van der Waals surface area contributed by atoms with Gasteiger partial charge in [-0.25, -0.2) is 0 Å². The number of hydrogen-bond acceptors (Lipinski definition) is 2. The number of carbonyl (C=O) groups excluding carboxylic acids is 1. The van der Waals surface area contributed by atoms with Gasteiger partial charge in [-0.3, -0.25) is 4.79 Å². The summed E-state index contributed by atoms with van der Waals surface area (Å²) in [5.41, 5.74) is 6.82. The Morgan fingerprint density at radius 3 is 2.00 bits per heavy atom. The summed E-state index contributed by atoms with van der Waals surface area (Å²) in [5, 5.41) is 2.79. The molecule has 3 N–H and O–H groups in total. The zero-order chi connectivity index (χ0) is 13.7. The lowest BCUT2D eigenvalue weighted by atomic mass is 10.2. The number of nitrogens with one attached hydrogen (secondary N) is 1. The van der Waals surface area contributed by atoms with Gasteiger partial charge in [0.05, 0.1) is 0 Å². The van der Waals surface area contributed by atoms with Gasteiger partial charge >= 0.3 is 0 Å². The molecule has 0 spiro atoms. The zero-order valence-corrected chi connectivity index (χ0v) is 11.7. The van der Waals surface area contributed by atoms with Gasteiger partial charge in [-0.2, -0.15) is 0 Å². The fourth-order valence-corrected chi connectivity index (χ4v) is 0.975. The minimum atomic E-state index is -0.0400. The summed E-state index contributed by atoms with van der Waals surface area (Å²) in [6.45, 7) is 10.7. The molecule has 1 aromatic carbocycles. The molecule has 0 bridgehead atoms. The van der Waals surface area contributed by atoms with Gasteiger partial charge in [0, 0.05) is 17.8 Å². The Morgan fingerprint density at radius 1 is 1.12 bits per heavy atom. The monoisotopic (exact) mass is 238 g/mol. The molecule has 0 aliphatic carbocycles. The molecule has 0 heterocycles. The summed E-state index contributed by atoms with van der Waals surface area (Å²) < 4.78 is 0. The summed E-state index contributed by atoms with van der Waals surface area (Å²) in [6, 6.07) is 6.89. The second-order valence-electron chi connectivity index (χ2n) is 2.88. The van der Waals surface area contributed by atoms with Gasteiger partial charge < -0.3 is 11.1 Å². The molecule has 1 rings (SSSR count). The number of nitrogens with two attached hydrogens (primary N) is 1. The second-order valence-corrected chi connectivity index (χ2v) is 2.88. The van der Waals surface area contributed by atoms with Crippen LogP contribution in [0.3, 0.4) is 0 Å². The van der Waals surface area contributed by atoms with Crippen LogP contribution in [-0.2, 0) is 0 Å². The molecule has 0 aromatic heterocycles. The minimum absolute atomic E-state index is 0.0400. The van der Waals surface area contributed by atoms with Gasteiger partial charge in [-0.1, -0.05) is 34.6 Å². The molecule has 0 fully saturated rings. The highest BCUT2D eigenvalue weighted by atomic mass is 16.1. The third-order valence-corrected chi connectivity index (χ3v) is 1.71. The van der Waals surface area contributed by atoms with Crippen LogP contribution in [0.15, 0.2) is 24.3 Å². The first kappa shape index (κ1) is 17.9. The van der Waals surface area contributed by atoms with E-state index in [2.05, 4.69) is 5.32 Å². The van der Waals surface area contributed by atoms with Crippen molar-refractivity contribution in [3.63, 3.8) is 0 Å². The fourth-order valence-electron chi connectivity index (χ4n) is 0.975. The van der Waals surface area contributed by atoms with E-state index in [9.17, 15) is 4.79 Å². The van der Waals surface area contributed by atoms with E-state index in [1.165, 1.54) is 0 Å². The third kappa shape index (κ3) is 8.31. The van der Waals surface area contributed by atoms with Crippen molar-refractivity contribution in [1.29, 1.82) is 0 Å². The summed E-state index contributed by atoms with van der Waals surface area (Å²) in [7, 11) is 0. The topological polar surface area (TPSA) is 55.1 Å². The molecule has 98 valence electrons. The van der Waals surface area contributed by atoms with E-state index in [1.807, 2.05) is 34.6 Å². The highest BCUT2D eigenvalue weighted by Gasteiger charge is 2.02. The Kier molecular flexibility index (Phi) is 13.2. The summed E-state index contributed by atoms with van der Waals surface area (Å²) in [6.07, 6.45) is 0.945. The highest BCUT2D eigenvalue weighted by Crippen LogP contribution is 2.04. The predicted octanol–water partition coefficient (Wildman–Crippen LogP) is 3.46. The summed E-state index contributed by atoms with van der Waals surface area (Å²) in [4.78, 5) is 11.4. The van der Waals surface area contributed by atoms with E-state index in [0.29, 0.717) is 17.8 Å². The molecular weight excluding hydrogens is 212 g/mol. The maximum absolute atomic E-state index is 11.4. The van der Waals surface area contributed by atoms with Crippen LogP contribution in [0, 0.1) is 0 Å². The number of rotatable bonds is 3. The van der Waals surface area contributed by atoms with Crippen molar-refractivity contribution >= 4 is 11.6 Å². The van der Waals surface area contributed by atoms with Crippen molar-refractivity contribution in [2.75, 3.05) is 12.3 Å². The molecule has 0 saturated carbocycles. The Morgan fingerprint density at radius 2 is 1.59 bits per heavy atom. The summed E-state index contributed by atoms with van der Waals surface area (Å²) in [5.74, 6) is -0.0400. The van der Waals surface area contributed by atoms with E-state index in [-0.39, 0.29) is 5.91 Å². The van der Waals surface area contributed by atoms with Crippen LogP contribution in [0.25, 0.3) is 0 Å². The molecule has 0 radical (unpaired) electrons. The van der Waals surface area contributed by atoms with E-state index in [4.69, 9.17) is 5.73 Å². The van der Waals surface area contributed by atoms with Gasteiger partial charge in [0.1, 0.15) is 0 Å². The average molecular weight is 238 g/mol. The predicted molar refractivity (Wildman–Crippen MR) is 76.2 cm³/mol. The lowest BCUT2D eigenvalue weighted by molar-refractivity contribution is 0.0953. The maximum atomic E-state index is 11.4. The first-order valence-electron chi connectivity index (χ1n) is 6.37. The molecule has 1 aromatic rings. The Labute approximate surface area is 105 Å². The van der Waals surface area contributed by atoms with Crippen LogP contribution in [0.2, 0.25) is 0 Å². The number of nitrogen functional groups attached to an aromatic ring is 1. The molecule has 0 aliphatic rings. The number of anilines is 1. The first-order valence-corrected chi connectivity index (χ1v) is 6.37. The Balaban J connectivity index is 0. The third-order valence-electron chi connectivity index (χ3n) is 1.71. The second kappa shape index (κ2) is 12.6. The molecule has 3 heteroatoms. The molecule has 0 saturated heterocycles. The van der Waals surface area contributed by atoms with E-state index >= 15 is 0 Å². The van der Waals surface area contributed by atoms with Crippen LogP contribution in [0.4, 0.5) is 5.69 Å². The maximum Gasteiger partial charge on any atom is 0.251 e. The van der Waals surface area contributed by atoms with Crippen molar-refractivity contribution in [2.24, 2.45) is 0 Å². The van der Waals surface area contributed by atoms with Crippen molar-refractivity contribution in [2.45, 2.75) is 41.0 Å². The quantitative estimate of drug-likeness (QED) is 0.792. The van der Waals surface area contributed by atoms with Gasteiger partial charge in [0.2, 0.25) is 0 Å². The standard InChI is InChI=1S/C10H14N2O.2C2H6/c1-2-7-12-10(13)8-3-5-9(11)6-4-8;2*1-2/h3-6H,2,7,11H2,1H3,(H,12,13);2*1-2H3. The normalized spacial score (nSPS) is 8.06. The number of carbonyl (C=O) groups is 1. The van der Waals surface area contributed by atoms with Gasteiger partial charge in [0.15, 0.2) is 0 Å². The van der Waals surface area contributed by atoms with Crippen molar-refractivity contribution in [3.05, 3.63) is 29.8 Å². The van der Waals surface area contributed by atoms with Gasteiger partial charge in [0.25, 0.3) is 5.91 Å². The molecule has 17 heavy (non-hydrogen) atoms. The minimum Gasteiger partial charge on any atom is -0.399 e. The Bertz CT molecular complexity index is 281. The largest absolute Gasteiger partial charge is 0.399 e. The number of benzene rings is 1. The number of hydrogen-bond donors (Lipinski definition) is 2. The van der Waals surface area contributed by atoms with Crippen LogP contribution in [0.5, 0.6) is 0 Å². The van der Waals surface area contributed by atoms with Gasteiger partial charge in [-0.15, -0.1) is 0 Å². The molecule has 1 amide bonds. The smallest absolute Gasteiger partial charge is 0.251 e. The lowest BCUT2D eigenvalue weighted by Crippen LogP contribution is -2.23. The molecule has 3 nitrogen and oxygen atoms in total. The van der Waals surface area contributed by atoms with E-state index < -0.39 is 0 Å². The molecular formula is C14H26N2O. The molecule has 0 aliphatic heterocycles. The first-order chi connectivity index (χ1) is 8.24. The SMILES string of the molecule is CC.CC.CCCNC(=O)c1ccc(N)cc1. The number of amides is 1. The van der Waals surface area contributed by atoms with Crippen molar-refractivity contribution in [3.8, 4) is 0 Å². The van der Waals surface area contributed by atoms with Crippen LogP contribution >= 0.6 is 0 Å². The highest BCUT2D eigenvalue weighted by molar-refractivity contribution is 5.94. The van der Waals surface area contributed by atoms with Gasteiger partial charge in [-0.05, 0) is 30.7 Å². The van der Waals surface area contributed by atoms with Crippen LogP contribution < -0.4 is 11.1 Å². The van der Waals surface area contributed by atoms with E-state index in [0.717, 1.165) is 6.42 Å². The molecule has 0 unspecified atom stereocenters. The fraction of sp³-hybridized carbons (Fsp3) is 0.500. The zero-order valence-electron chi connectivity index (χ0n) is 11.7.